The van der Waals surface area contributed by atoms with Crippen LogP contribution in [-0.4, -0.2) is 11.3 Å². The molecule has 0 fully saturated rings. The summed E-state index contributed by atoms with van der Waals surface area (Å²) < 4.78 is 52.8. The van der Waals surface area contributed by atoms with Gasteiger partial charge in [-0.05, 0) is 42.5 Å². The molecule has 0 amide bonds. The van der Waals surface area contributed by atoms with Crippen molar-refractivity contribution < 1.29 is 17.6 Å². The lowest BCUT2D eigenvalue weighted by molar-refractivity contribution is -0.136. The second kappa shape index (κ2) is 7.71. The zero-order chi connectivity index (χ0) is 17.7. The van der Waals surface area contributed by atoms with Crippen LogP contribution >= 0.6 is 28.1 Å². The van der Waals surface area contributed by atoms with Crippen LogP contribution in [0.3, 0.4) is 0 Å². The van der Waals surface area contributed by atoms with Crippen molar-refractivity contribution in [1.82, 2.24) is 5.43 Å². The van der Waals surface area contributed by atoms with Crippen LogP contribution < -0.4 is 10.7 Å². The summed E-state index contributed by atoms with van der Waals surface area (Å²) >= 11 is 8.08. The minimum Gasteiger partial charge on any atom is -0.331 e. The zero-order valence-corrected chi connectivity index (χ0v) is 14.3. The SMILES string of the molecule is Fc1ccc(Br)cc1/C=N/NC(=S)Nc1ccccc1C(F)(F)F. The van der Waals surface area contributed by atoms with Gasteiger partial charge in [-0.15, -0.1) is 0 Å². The molecule has 0 atom stereocenters. The first-order valence-corrected chi connectivity index (χ1v) is 7.69. The van der Waals surface area contributed by atoms with E-state index >= 15 is 0 Å². The van der Waals surface area contributed by atoms with Gasteiger partial charge in [0.1, 0.15) is 5.82 Å². The number of para-hydroxylation sites is 1. The van der Waals surface area contributed by atoms with Gasteiger partial charge < -0.3 is 5.32 Å². The number of anilines is 1. The summed E-state index contributed by atoms with van der Waals surface area (Å²) in [5, 5.41) is 5.97. The van der Waals surface area contributed by atoms with E-state index in [2.05, 4.69) is 31.8 Å². The lowest BCUT2D eigenvalue weighted by Crippen LogP contribution is -2.25. The Labute approximate surface area is 148 Å². The van der Waals surface area contributed by atoms with Crippen molar-refractivity contribution in [3.8, 4) is 0 Å². The quantitative estimate of drug-likeness (QED) is 0.320. The first kappa shape index (κ1) is 18.3. The smallest absolute Gasteiger partial charge is 0.331 e. The van der Waals surface area contributed by atoms with Crippen molar-refractivity contribution in [3.63, 3.8) is 0 Å². The molecule has 0 radical (unpaired) electrons. The Bertz CT molecular complexity index is 778. The topological polar surface area (TPSA) is 36.4 Å². The van der Waals surface area contributed by atoms with Crippen molar-refractivity contribution in [1.29, 1.82) is 0 Å². The number of halogens is 5. The van der Waals surface area contributed by atoms with Crippen LogP contribution in [-0.2, 0) is 6.18 Å². The predicted molar refractivity (Wildman–Crippen MR) is 92.5 cm³/mol. The third kappa shape index (κ3) is 5.00. The van der Waals surface area contributed by atoms with Crippen molar-refractivity contribution in [2.75, 3.05) is 5.32 Å². The Morgan fingerprint density at radius 3 is 2.58 bits per heavy atom. The van der Waals surface area contributed by atoms with Crippen molar-refractivity contribution >= 4 is 45.2 Å². The summed E-state index contributed by atoms with van der Waals surface area (Å²) in [7, 11) is 0. The molecular formula is C15H10BrF4N3S. The van der Waals surface area contributed by atoms with E-state index < -0.39 is 17.6 Å². The molecule has 0 aliphatic rings. The molecule has 0 spiro atoms. The molecule has 0 saturated heterocycles. The van der Waals surface area contributed by atoms with E-state index in [1.165, 1.54) is 42.6 Å². The summed E-state index contributed by atoms with van der Waals surface area (Å²) in [5.74, 6) is -0.495. The van der Waals surface area contributed by atoms with Gasteiger partial charge in [0.2, 0.25) is 0 Å². The molecule has 24 heavy (non-hydrogen) atoms. The number of alkyl halides is 3. The standard InChI is InChI=1S/C15H10BrF4N3S/c16-10-5-6-12(17)9(7-10)8-21-23-14(24)22-13-4-2-1-3-11(13)15(18,19)20/h1-8H,(H2,22,23,24)/b21-8+. The highest BCUT2D eigenvalue weighted by Gasteiger charge is 2.33. The van der Waals surface area contributed by atoms with Gasteiger partial charge in [-0.25, -0.2) is 4.39 Å². The fourth-order valence-electron chi connectivity index (χ4n) is 1.76. The highest BCUT2D eigenvalue weighted by atomic mass is 79.9. The van der Waals surface area contributed by atoms with Gasteiger partial charge in [0.25, 0.3) is 0 Å². The normalized spacial score (nSPS) is 11.5. The minimum absolute atomic E-state index is 0.154. The first-order chi connectivity index (χ1) is 11.3. The lowest BCUT2D eigenvalue weighted by atomic mass is 10.2. The molecule has 2 N–H and O–H groups in total. The Hall–Kier alpha value is -2.00. The Morgan fingerprint density at radius 1 is 1.17 bits per heavy atom. The number of hydrogen-bond acceptors (Lipinski definition) is 2. The average molecular weight is 420 g/mol. The summed E-state index contributed by atoms with van der Waals surface area (Å²) in [6.07, 6.45) is -3.34. The molecular weight excluding hydrogens is 410 g/mol. The summed E-state index contributed by atoms with van der Waals surface area (Å²) in [4.78, 5) is 0. The maximum Gasteiger partial charge on any atom is 0.418 e. The molecule has 0 heterocycles. The Kier molecular flexibility index (Phi) is 5.89. The Morgan fingerprint density at radius 2 is 1.88 bits per heavy atom. The number of hydrogen-bond donors (Lipinski definition) is 2. The molecule has 126 valence electrons. The van der Waals surface area contributed by atoms with Gasteiger partial charge in [-0.1, -0.05) is 28.1 Å². The van der Waals surface area contributed by atoms with Crippen LogP contribution in [0.25, 0.3) is 0 Å². The van der Waals surface area contributed by atoms with Gasteiger partial charge >= 0.3 is 6.18 Å². The molecule has 2 aromatic carbocycles. The number of thiocarbonyl (C=S) groups is 1. The number of hydrazone groups is 1. The van der Waals surface area contributed by atoms with Crippen molar-refractivity contribution in [2.45, 2.75) is 6.18 Å². The van der Waals surface area contributed by atoms with Crippen LogP contribution in [0, 0.1) is 5.82 Å². The van der Waals surface area contributed by atoms with E-state index in [0.29, 0.717) is 4.47 Å². The fraction of sp³-hybridized carbons (Fsp3) is 0.0667. The van der Waals surface area contributed by atoms with Crippen LogP contribution in [0.2, 0.25) is 0 Å². The van der Waals surface area contributed by atoms with Crippen LogP contribution in [0.15, 0.2) is 52.0 Å². The number of benzene rings is 2. The van der Waals surface area contributed by atoms with E-state index in [0.717, 1.165) is 6.07 Å². The highest BCUT2D eigenvalue weighted by Crippen LogP contribution is 2.34. The number of nitrogens with zero attached hydrogens (tertiary/aromatic N) is 1. The molecule has 0 aromatic heterocycles. The van der Waals surface area contributed by atoms with Gasteiger partial charge in [-0.3, -0.25) is 5.43 Å². The summed E-state index contributed by atoms with van der Waals surface area (Å²) in [5.41, 5.74) is 1.48. The molecule has 9 heteroatoms. The third-order valence-corrected chi connectivity index (χ3v) is 3.50. The highest BCUT2D eigenvalue weighted by molar-refractivity contribution is 9.10. The fourth-order valence-corrected chi connectivity index (χ4v) is 2.31. The van der Waals surface area contributed by atoms with Crippen LogP contribution in [0.4, 0.5) is 23.2 Å². The van der Waals surface area contributed by atoms with Crippen molar-refractivity contribution in [2.24, 2.45) is 5.10 Å². The number of nitrogens with one attached hydrogen (secondary N) is 2. The van der Waals surface area contributed by atoms with Gasteiger partial charge in [-0.2, -0.15) is 18.3 Å². The molecule has 0 saturated carbocycles. The molecule has 2 rings (SSSR count). The maximum absolute atomic E-state index is 13.5. The Balaban J connectivity index is 2.04. The predicted octanol–water partition coefficient (Wildman–Crippen LogP) is 4.93. The summed E-state index contributed by atoms with van der Waals surface area (Å²) in [6.45, 7) is 0. The largest absolute Gasteiger partial charge is 0.418 e. The van der Waals surface area contributed by atoms with Gasteiger partial charge in [0.15, 0.2) is 5.11 Å². The van der Waals surface area contributed by atoms with E-state index in [9.17, 15) is 17.6 Å². The average Bonchev–Trinajstić information content (AvgIpc) is 2.50. The maximum atomic E-state index is 13.5. The zero-order valence-electron chi connectivity index (χ0n) is 11.9. The van der Waals surface area contributed by atoms with E-state index in [1.807, 2.05) is 0 Å². The van der Waals surface area contributed by atoms with Gasteiger partial charge in [0, 0.05) is 10.0 Å². The summed E-state index contributed by atoms with van der Waals surface area (Å²) in [6, 6.07) is 9.18. The van der Waals surface area contributed by atoms with Crippen LogP contribution in [0.1, 0.15) is 11.1 Å². The molecule has 0 bridgehead atoms. The molecule has 0 aliphatic heterocycles. The lowest BCUT2D eigenvalue weighted by Gasteiger charge is -2.14. The minimum atomic E-state index is -4.51. The molecule has 0 aliphatic carbocycles. The molecule has 0 unspecified atom stereocenters. The monoisotopic (exact) mass is 419 g/mol. The second-order valence-corrected chi connectivity index (χ2v) is 5.86. The molecule has 3 nitrogen and oxygen atoms in total. The van der Waals surface area contributed by atoms with Gasteiger partial charge in [0.05, 0.1) is 17.5 Å². The van der Waals surface area contributed by atoms with E-state index in [1.54, 1.807) is 0 Å². The first-order valence-electron chi connectivity index (χ1n) is 6.48. The third-order valence-electron chi connectivity index (χ3n) is 2.81. The molecule has 2 aromatic rings. The van der Waals surface area contributed by atoms with E-state index in [-0.39, 0.29) is 16.4 Å². The van der Waals surface area contributed by atoms with Crippen molar-refractivity contribution in [3.05, 3.63) is 63.9 Å². The van der Waals surface area contributed by atoms with Crippen LogP contribution in [0.5, 0.6) is 0 Å². The van der Waals surface area contributed by atoms with E-state index in [4.69, 9.17) is 12.2 Å². The second-order valence-electron chi connectivity index (χ2n) is 4.53. The number of rotatable bonds is 3.